The normalized spacial score (nSPS) is 25.3. The highest BCUT2D eigenvalue weighted by Crippen LogP contribution is 2.41. The Bertz CT molecular complexity index is 827. The molecule has 1 N–H and O–H groups in total. The van der Waals surface area contributed by atoms with Gasteiger partial charge in [0.05, 0.1) is 13.2 Å². The molecule has 1 aliphatic heterocycles. The first-order valence-corrected chi connectivity index (χ1v) is 12.5. The van der Waals surface area contributed by atoms with Crippen molar-refractivity contribution < 1.29 is 23.4 Å². The van der Waals surface area contributed by atoms with Crippen LogP contribution in [0.25, 0.3) is 0 Å². The lowest BCUT2D eigenvalue weighted by atomic mass is 10.1. The number of ether oxygens (including phenoxy) is 3. The number of rotatable bonds is 8. The fourth-order valence-corrected chi connectivity index (χ4v) is 4.17. The van der Waals surface area contributed by atoms with Gasteiger partial charge >= 0.3 is 5.69 Å². The standard InChI is InChI=1S/C19H32N2O7Si/c1-12-10-21(18(24)20-16(12)23)17-15(26-9-8-25-5)14(13(11-22)27-17)28-29(6,7)19(2,3)4/h10-11,13-15,17H,8-9H2,1-7H3,(H,20,23,24)/t13-,14?,15+,17-/m1/s1. The third-order valence-corrected chi connectivity index (χ3v) is 10.1. The maximum atomic E-state index is 12.4. The van der Waals surface area contributed by atoms with Gasteiger partial charge in [0.2, 0.25) is 0 Å². The molecule has 1 unspecified atom stereocenters. The maximum Gasteiger partial charge on any atom is 0.330 e. The van der Waals surface area contributed by atoms with E-state index in [1.54, 1.807) is 14.0 Å². The minimum Gasteiger partial charge on any atom is -0.408 e. The molecule has 0 aliphatic carbocycles. The largest absolute Gasteiger partial charge is 0.408 e. The van der Waals surface area contributed by atoms with Crippen molar-refractivity contribution >= 4 is 14.6 Å². The van der Waals surface area contributed by atoms with Crippen LogP contribution < -0.4 is 11.2 Å². The Hall–Kier alpha value is -1.59. The van der Waals surface area contributed by atoms with Crippen LogP contribution in [-0.2, 0) is 23.4 Å². The Morgan fingerprint density at radius 3 is 2.45 bits per heavy atom. The van der Waals surface area contributed by atoms with E-state index in [1.807, 2.05) is 0 Å². The molecule has 0 aromatic carbocycles. The van der Waals surface area contributed by atoms with Gasteiger partial charge in [-0.05, 0) is 25.1 Å². The van der Waals surface area contributed by atoms with Gasteiger partial charge in [0.1, 0.15) is 18.3 Å². The predicted octanol–water partition coefficient (Wildman–Crippen LogP) is 1.36. The number of nitrogens with zero attached hydrogens (tertiary/aromatic N) is 1. The quantitative estimate of drug-likeness (QED) is 0.378. The molecule has 1 aromatic rings. The summed E-state index contributed by atoms with van der Waals surface area (Å²) < 4.78 is 24.7. The SMILES string of the molecule is COCCO[C@H]1C(O[Si](C)(C)C(C)(C)C)[C@@H](C=O)O[C@H]1n1cc(C)c(=O)[nH]c1=O. The van der Waals surface area contributed by atoms with Crippen LogP contribution in [-0.4, -0.2) is 62.8 Å². The van der Waals surface area contributed by atoms with Crippen molar-refractivity contribution in [3.8, 4) is 0 Å². The molecule has 0 bridgehead atoms. The van der Waals surface area contributed by atoms with Crippen LogP contribution in [0.4, 0.5) is 0 Å². The summed E-state index contributed by atoms with van der Waals surface area (Å²) >= 11 is 0. The fourth-order valence-electron chi connectivity index (χ4n) is 2.87. The average molecular weight is 429 g/mol. The highest BCUT2D eigenvalue weighted by molar-refractivity contribution is 6.74. The molecule has 10 heteroatoms. The summed E-state index contributed by atoms with van der Waals surface area (Å²) in [5.74, 6) is 0. The predicted molar refractivity (Wildman–Crippen MR) is 110 cm³/mol. The van der Waals surface area contributed by atoms with E-state index in [0.717, 1.165) is 0 Å². The molecule has 29 heavy (non-hydrogen) atoms. The number of carbonyl (C=O) groups excluding carboxylic acids is 1. The maximum absolute atomic E-state index is 12.4. The summed E-state index contributed by atoms with van der Waals surface area (Å²) in [4.78, 5) is 38.2. The third kappa shape index (κ3) is 5.12. The zero-order valence-corrected chi connectivity index (χ0v) is 19.2. The summed E-state index contributed by atoms with van der Waals surface area (Å²) in [7, 11) is -0.721. The molecule has 0 radical (unpaired) electrons. The monoisotopic (exact) mass is 428 g/mol. The van der Waals surface area contributed by atoms with Crippen molar-refractivity contribution in [3.05, 3.63) is 32.6 Å². The minimum absolute atomic E-state index is 0.0962. The first-order valence-electron chi connectivity index (χ1n) is 9.64. The van der Waals surface area contributed by atoms with Crippen molar-refractivity contribution in [2.24, 2.45) is 0 Å². The summed E-state index contributed by atoms with van der Waals surface area (Å²) in [6.07, 6.45) is -1.14. The second-order valence-corrected chi connectivity index (χ2v) is 13.5. The summed E-state index contributed by atoms with van der Waals surface area (Å²) in [6, 6.07) is 0. The number of aryl methyl sites for hydroxylation is 1. The van der Waals surface area contributed by atoms with Crippen LogP contribution in [0.15, 0.2) is 15.8 Å². The molecule has 1 aliphatic rings. The lowest BCUT2D eigenvalue weighted by Crippen LogP contribution is -2.50. The zero-order valence-electron chi connectivity index (χ0n) is 18.2. The van der Waals surface area contributed by atoms with Crippen LogP contribution in [0.3, 0.4) is 0 Å². The molecule has 1 aromatic heterocycles. The summed E-state index contributed by atoms with van der Waals surface area (Å²) in [5.41, 5.74) is -0.758. The number of carbonyl (C=O) groups is 1. The van der Waals surface area contributed by atoms with E-state index in [1.165, 1.54) is 10.8 Å². The number of aldehydes is 1. The van der Waals surface area contributed by atoms with E-state index in [9.17, 15) is 14.4 Å². The van der Waals surface area contributed by atoms with E-state index in [4.69, 9.17) is 18.6 Å². The smallest absolute Gasteiger partial charge is 0.330 e. The molecule has 0 amide bonds. The number of H-pyrrole nitrogens is 1. The Morgan fingerprint density at radius 1 is 1.24 bits per heavy atom. The van der Waals surface area contributed by atoms with E-state index < -0.39 is 44.1 Å². The number of nitrogens with one attached hydrogen (secondary N) is 1. The second-order valence-electron chi connectivity index (χ2n) is 8.78. The number of hydrogen-bond donors (Lipinski definition) is 1. The van der Waals surface area contributed by atoms with E-state index >= 15 is 0 Å². The van der Waals surface area contributed by atoms with Crippen molar-refractivity contribution in [3.63, 3.8) is 0 Å². The highest BCUT2D eigenvalue weighted by atomic mass is 28.4. The molecule has 164 valence electrons. The van der Waals surface area contributed by atoms with Crippen LogP contribution >= 0.6 is 0 Å². The molecule has 0 spiro atoms. The van der Waals surface area contributed by atoms with Crippen molar-refractivity contribution in [2.45, 2.75) is 70.4 Å². The van der Waals surface area contributed by atoms with Gasteiger partial charge in [-0.15, -0.1) is 0 Å². The Morgan fingerprint density at radius 2 is 1.90 bits per heavy atom. The van der Waals surface area contributed by atoms with Gasteiger partial charge in [0, 0.05) is 18.9 Å². The van der Waals surface area contributed by atoms with Gasteiger partial charge in [-0.2, -0.15) is 0 Å². The van der Waals surface area contributed by atoms with Gasteiger partial charge in [-0.3, -0.25) is 14.3 Å². The van der Waals surface area contributed by atoms with Crippen LogP contribution in [0.1, 0.15) is 32.6 Å². The van der Waals surface area contributed by atoms with Gasteiger partial charge in [-0.25, -0.2) is 4.79 Å². The summed E-state index contributed by atoms with van der Waals surface area (Å²) in [6.45, 7) is 12.6. The average Bonchev–Trinajstić information content (AvgIpc) is 2.94. The van der Waals surface area contributed by atoms with Gasteiger partial charge in [-0.1, -0.05) is 20.8 Å². The van der Waals surface area contributed by atoms with Crippen molar-refractivity contribution in [1.82, 2.24) is 9.55 Å². The number of aromatic amines is 1. The molecule has 2 rings (SSSR count). The lowest BCUT2D eigenvalue weighted by molar-refractivity contribution is -0.122. The molecular formula is C19H32N2O7Si. The molecule has 4 atom stereocenters. The first-order chi connectivity index (χ1) is 13.4. The first kappa shape index (κ1) is 23.7. The van der Waals surface area contributed by atoms with E-state index in [2.05, 4.69) is 38.8 Å². The van der Waals surface area contributed by atoms with Crippen LogP contribution in [0, 0.1) is 6.92 Å². The third-order valence-electron chi connectivity index (χ3n) is 5.61. The second kappa shape index (κ2) is 9.05. The Balaban J connectivity index is 2.46. The molecule has 9 nitrogen and oxygen atoms in total. The van der Waals surface area contributed by atoms with Crippen LogP contribution in [0.5, 0.6) is 0 Å². The van der Waals surface area contributed by atoms with Crippen molar-refractivity contribution in [1.29, 1.82) is 0 Å². The fraction of sp³-hybridized carbons (Fsp3) is 0.737. The van der Waals surface area contributed by atoms with E-state index in [0.29, 0.717) is 18.5 Å². The summed E-state index contributed by atoms with van der Waals surface area (Å²) in [5, 5.41) is -0.0962. The lowest BCUT2D eigenvalue weighted by Gasteiger charge is -2.40. The zero-order chi connectivity index (χ0) is 22.0. The van der Waals surface area contributed by atoms with Gasteiger partial charge < -0.3 is 23.4 Å². The molecule has 0 saturated carbocycles. The Labute approximate surface area is 171 Å². The minimum atomic E-state index is -2.28. The molecule has 1 saturated heterocycles. The highest BCUT2D eigenvalue weighted by Gasteiger charge is 2.51. The van der Waals surface area contributed by atoms with Gasteiger partial charge in [0.15, 0.2) is 20.8 Å². The Kier molecular flexibility index (Phi) is 7.39. The topological polar surface area (TPSA) is 109 Å². The number of aromatic nitrogens is 2. The number of hydrogen-bond acceptors (Lipinski definition) is 7. The molecule has 1 fully saturated rings. The van der Waals surface area contributed by atoms with E-state index in [-0.39, 0.29) is 11.6 Å². The van der Waals surface area contributed by atoms with Crippen molar-refractivity contribution in [2.75, 3.05) is 20.3 Å². The molecule has 2 heterocycles. The van der Waals surface area contributed by atoms with Crippen LogP contribution in [0.2, 0.25) is 18.1 Å². The molecular weight excluding hydrogens is 396 g/mol. The number of methoxy groups -OCH3 is 1. The van der Waals surface area contributed by atoms with Gasteiger partial charge in [0.25, 0.3) is 5.56 Å².